The van der Waals surface area contributed by atoms with Gasteiger partial charge in [0, 0.05) is 4.90 Å². The van der Waals surface area contributed by atoms with E-state index >= 15 is 0 Å². The molecular weight excluding hydrogens is 315 g/mol. The van der Waals surface area contributed by atoms with Crippen LogP contribution in [0.25, 0.3) is 0 Å². The minimum absolute atomic E-state index is 0.0147. The molecule has 0 bridgehead atoms. The van der Waals surface area contributed by atoms with Crippen LogP contribution < -0.4 is 0 Å². The maximum absolute atomic E-state index is 13.4. The molecule has 0 aliphatic heterocycles. The van der Waals surface area contributed by atoms with Crippen LogP contribution in [-0.2, 0) is 4.74 Å². The average molecular weight is 338 g/mol. The Balaban J connectivity index is 2.27. The van der Waals surface area contributed by atoms with Gasteiger partial charge in [0.2, 0.25) is 0 Å². The molecule has 2 rings (SSSR count). The van der Waals surface area contributed by atoms with E-state index in [4.69, 9.17) is 9.84 Å². The molecule has 0 saturated heterocycles. The van der Waals surface area contributed by atoms with Crippen molar-refractivity contribution in [2.75, 3.05) is 13.2 Å². The van der Waals surface area contributed by atoms with E-state index in [2.05, 4.69) is 23.8 Å². The first kappa shape index (κ1) is 18.0. The van der Waals surface area contributed by atoms with Gasteiger partial charge in [0.1, 0.15) is 22.8 Å². The number of aromatic nitrogens is 2. The Bertz CT molecular complexity index is 631. The molecule has 0 fully saturated rings. The molecular formula is C17H23FN2O2S. The van der Waals surface area contributed by atoms with Gasteiger partial charge in [-0.1, -0.05) is 38.6 Å². The first-order chi connectivity index (χ1) is 11.0. The van der Waals surface area contributed by atoms with Gasteiger partial charge in [0.15, 0.2) is 0 Å². The first-order valence-electron chi connectivity index (χ1n) is 7.80. The maximum atomic E-state index is 13.4. The molecule has 0 aliphatic carbocycles. The summed E-state index contributed by atoms with van der Waals surface area (Å²) < 4.78 is 19.0. The second kappa shape index (κ2) is 8.47. The zero-order valence-corrected chi connectivity index (χ0v) is 14.5. The molecule has 1 unspecified atom stereocenters. The summed E-state index contributed by atoms with van der Waals surface area (Å²) >= 11 is 1.44. The van der Waals surface area contributed by atoms with E-state index in [1.165, 1.54) is 23.9 Å². The number of halogens is 1. The predicted octanol–water partition coefficient (Wildman–Crippen LogP) is 4.28. The van der Waals surface area contributed by atoms with E-state index in [1.54, 1.807) is 6.07 Å². The highest BCUT2D eigenvalue weighted by Crippen LogP contribution is 2.34. The molecule has 6 heteroatoms. The highest BCUT2D eigenvalue weighted by atomic mass is 32.2. The number of aromatic amines is 1. The Kier molecular flexibility index (Phi) is 6.62. The van der Waals surface area contributed by atoms with E-state index in [-0.39, 0.29) is 31.1 Å². The summed E-state index contributed by atoms with van der Waals surface area (Å²) in [5.41, 5.74) is 1.01. The molecule has 0 saturated carbocycles. The number of nitrogens with one attached hydrogen (secondary N) is 1. The minimum atomic E-state index is -0.255. The van der Waals surface area contributed by atoms with Crippen molar-refractivity contribution in [2.24, 2.45) is 0 Å². The van der Waals surface area contributed by atoms with E-state index in [1.807, 2.05) is 13.0 Å². The van der Waals surface area contributed by atoms with Crippen molar-refractivity contribution >= 4 is 11.8 Å². The lowest BCUT2D eigenvalue weighted by atomic mass is 10.1. The number of hydrogen-bond donors (Lipinski definition) is 2. The molecule has 4 nitrogen and oxygen atoms in total. The van der Waals surface area contributed by atoms with Gasteiger partial charge in [-0.2, -0.15) is 0 Å². The SMILES string of the molecule is CCC(OCCO)c1nc(Sc2cccc(F)c2)c(C(C)C)[nH]1. The van der Waals surface area contributed by atoms with E-state index in [0.29, 0.717) is 0 Å². The fraction of sp³-hybridized carbons (Fsp3) is 0.471. The summed E-state index contributed by atoms with van der Waals surface area (Å²) in [6, 6.07) is 6.49. The number of aliphatic hydroxyl groups is 1. The Morgan fingerprint density at radius 1 is 1.39 bits per heavy atom. The van der Waals surface area contributed by atoms with E-state index in [0.717, 1.165) is 27.9 Å². The number of rotatable bonds is 8. The third kappa shape index (κ3) is 4.80. The minimum Gasteiger partial charge on any atom is -0.394 e. The van der Waals surface area contributed by atoms with Crippen LogP contribution in [0.5, 0.6) is 0 Å². The molecule has 126 valence electrons. The Morgan fingerprint density at radius 3 is 2.78 bits per heavy atom. The number of nitrogens with zero attached hydrogens (tertiary/aromatic N) is 1. The average Bonchev–Trinajstić information content (AvgIpc) is 2.92. The van der Waals surface area contributed by atoms with Gasteiger partial charge in [0.25, 0.3) is 0 Å². The molecule has 0 spiro atoms. The monoisotopic (exact) mass is 338 g/mol. The summed E-state index contributed by atoms with van der Waals surface area (Å²) in [6.45, 7) is 6.45. The Morgan fingerprint density at radius 2 is 2.17 bits per heavy atom. The smallest absolute Gasteiger partial charge is 0.136 e. The largest absolute Gasteiger partial charge is 0.394 e. The fourth-order valence-electron chi connectivity index (χ4n) is 2.24. The molecule has 1 aromatic carbocycles. The number of benzene rings is 1. The lowest BCUT2D eigenvalue weighted by Crippen LogP contribution is -2.08. The van der Waals surface area contributed by atoms with Crippen LogP contribution in [0, 0.1) is 5.82 Å². The highest BCUT2D eigenvalue weighted by molar-refractivity contribution is 7.99. The summed E-state index contributed by atoms with van der Waals surface area (Å²) in [5.74, 6) is 0.765. The van der Waals surface area contributed by atoms with Crippen molar-refractivity contribution < 1.29 is 14.2 Å². The molecule has 2 N–H and O–H groups in total. The van der Waals surface area contributed by atoms with Crippen molar-refractivity contribution in [3.05, 3.63) is 41.6 Å². The summed E-state index contributed by atoms with van der Waals surface area (Å²) in [5, 5.41) is 9.77. The third-order valence-electron chi connectivity index (χ3n) is 3.39. The lowest BCUT2D eigenvalue weighted by Gasteiger charge is -2.12. The summed E-state index contributed by atoms with van der Waals surface area (Å²) in [7, 11) is 0. The van der Waals surface area contributed by atoms with Crippen LogP contribution in [0.3, 0.4) is 0 Å². The number of hydrogen-bond acceptors (Lipinski definition) is 4. The molecule has 0 radical (unpaired) electrons. The highest BCUT2D eigenvalue weighted by Gasteiger charge is 2.20. The van der Waals surface area contributed by atoms with Gasteiger partial charge in [-0.05, 0) is 30.5 Å². The van der Waals surface area contributed by atoms with Gasteiger partial charge in [-0.3, -0.25) is 0 Å². The second-order valence-electron chi connectivity index (χ2n) is 5.55. The normalized spacial score (nSPS) is 12.8. The maximum Gasteiger partial charge on any atom is 0.136 e. The molecule has 23 heavy (non-hydrogen) atoms. The molecule has 1 aromatic heterocycles. The number of H-pyrrole nitrogens is 1. The van der Waals surface area contributed by atoms with Gasteiger partial charge >= 0.3 is 0 Å². The predicted molar refractivity (Wildman–Crippen MR) is 89.3 cm³/mol. The van der Waals surface area contributed by atoms with Crippen LogP contribution >= 0.6 is 11.8 Å². The first-order valence-corrected chi connectivity index (χ1v) is 8.62. The standard InChI is InChI=1S/C17H23FN2O2S/c1-4-14(22-9-8-21)16-19-15(11(2)3)17(20-16)23-13-7-5-6-12(18)10-13/h5-7,10-11,14,21H,4,8-9H2,1-3H3,(H,19,20). The quantitative estimate of drug-likeness (QED) is 0.754. The van der Waals surface area contributed by atoms with E-state index < -0.39 is 0 Å². The van der Waals surface area contributed by atoms with Gasteiger partial charge in [-0.15, -0.1) is 0 Å². The van der Waals surface area contributed by atoms with Crippen molar-refractivity contribution in [3.8, 4) is 0 Å². The second-order valence-corrected chi connectivity index (χ2v) is 6.61. The molecule has 0 aliphatic rings. The third-order valence-corrected chi connectivity index (χ3v) is 4.38. The zero-order chi connectivity index (χ0) is 16.8. The summed E-state index contributed by atoms with van der Waals surface area (Å²) in [6.07, 6.45) is 0.580. The van der Waals surface area contributed by atoms with Gasteiger partial charge < -0.3 is 14.8 Å². The lowest BCUT2D eigenvalue weighted by molar-refractivity contribution is 0.0211. The van der Waals surface area contributed by atoms with Crippen molar-refractivity contribution in [3.63, 3.8) is 0 Å². The number of ether oxygens (including phenoxy) is 1. The van der Waals surface area contributed by atoms with Crippen LogP contribution in [0.2, 0.25) is 0 Å². The number of aliphatic hydroxyl groups excluding tert-OH is 1. The molecule has 0 amide bonds. The topological polar surface area (TPSA) is 58.1 Å². The zero-order valence-electron chi connectivity index (χ0n) is 13.7. The Hall–Kier alpha value is -1.37. The van der Waals surface area contributed by atoms with Crippen molar-refractivity contribution in [2.45, 2.75) is 49.1 Å². The van der Waals surface area contributed by atoms with Gasteiger partial charge in [-0.25, -0.2) is 9.37 Å². The molecule has 1 heterocycles. The molecule has 2 aromatic rings. The van der Waals surface area contributed by atoms with Crippen LogP contribution in [0.4, 0.5) is 4.39 Å². The van der Waals surface area contributed by atoms with E-state index in [9.17, 15) is 4.39 Å². The van der Waals surface area contributed by atoms with Crippen LogP contribution in [-0.4, -0.2) is 28.3 Å². The van der Waals surface area contributed by atoms with Crippen LogP contribution in [0.1, 0.15) is 50.7 Å². The van der Waals surface area contributed by atoms with Gasteiger partial charge in [0.05, 0.1) is 18.9 Å². The fourth-order valence-corrected chi connectivity index (χ4v) is 3.32. The Labute approximate surface area is 140 Å². The van der Waals surface area contributed by atoms with Crippen LogP contribution in [0.15, 0.2) is 34.2 Å². The molecule has 1 atom stereocenters. The van der Waals surface area contributed by atoms with Crippen molar-refractivity contribution in [1.29, 1.82) is 0 Å². The summed E-state index contributed by atoms with van der Waals surface area (Å²) in [4.78, 5) is 8.82. The number of imidazole rings is 1. The van der Waals surface area contributed by atoms with Crippen molar-refractivity contribution in [1.82, 2.24) is 9.97 Å².